The number of methoxy groups -OCH3 is 1. The van der Waals surface area contributed by atoms with E-state index in [0.29, 0.717) is 11.6 Å². The Bertz CT molecular complexity index is 804. The van der Waals surface area contributed by atoms with Gasteiger partial charge in [0.2, 0.25) is 5.91 Å². The molecule has 0 spiro atoms. The number of nitrogens with one attached hydrogen (secondary N) is 2. The Morgan fingerprint density at radius 2 is 2.00 bits per heavy atom. The Labute approximate surface area is 162 Å². The highest BCUT2D eigenvalue weighted by molar-refractivity contribution is 7.99. The molecule has 27 heavy (non-hydrogen) atoms. The Morgan fingerprint density at radius 1 is 1.26 bits per heavy atom. The number of para-hydroxylation sites is 1. The lowest BCUT2D eigenvalue weighted by atomic mass is 10.00. The van der Waals surface area contributed by atoms with Crippen molar-refractivity contribution in [3.63, 3.8) is 0 Å². The number of carbonyl (C=O) groups excluding carboxylic acids is 1. The first-order valence-corrected chi connectivity index (χ1v) is 9.80. The molecule has 142 valence electrons. The average Bonchev–Trinajstić information content (AvgIpc) is 3.23. The summed E-state index contributed by atoms with van der Waals surface area (Å²) < 4.78 is 5.39. The number of hydrogen-bond donors (Lipinski definition) is 3. The molecule has 2 aromatic carbocycles. The number of thioether (sulfide) groups is 1. The predicted molar refractivity (Wildman–Crippen MR) is 106 cm³/mol. The lowest BCUT2D eigenvalue weighted by Gasteiger charge is -2.17. The zero-order chi connectivity index (χ0) is 19.2. The summed E-state index contributed by atoms with van der Waals surface area (Å²) in [6.45, 7) is 0. The third kappa shape index (κ3) is 4.81. The minimum absolute atomic E-state index is 0.229. The SMILES string of the molecule is COc1ccccc1-c1ccc(C[C@H](NC(=O)[C@@H]2CSCN2)C(=O)O)cc1. The lowest BCUT2D eigenvalue weighted by Crippen LogP contribution is -2.50. The van der Waals surface area contributed by atoms with Gasteiger partial charge in [0.05, 0.1) is 13.2 Å². The van der Waals surface area contributed by atoms with E-state index in [-0.39, 0.29) is 18.4 Å². The van der Waals surface area contributed by atoms with E-state index in [1.807, 2.05) is 48.5 Å². The van der Waals surface area contributed by atoms with Crippen LogP contribution < -0.4 is 15.4 Å². The fourth-order valence-corrected chi connectivity index (χ4v) is 3.92. The second-order valence-corrected chi connectivity index (χ2v) is 7.30. The second-order valence-electron chi connectivity index (χ2n) is 6.27. The molecule has 0 aliphatic carbocycles. The first-order valence-electron chi connectivity index (χ1n) is 8.65. The minimum atomic E-state index is -1.04. The molecule has 7 heteroatoms. The maximum absolute atomic E-state index is 12.2. The van der Waals surface area contributed by atoms with Gasteiger partial charge < -0.3 is 15.2 Å². The van der Waals surface area contributed by atoms with Gasteiger partial charge in [-0.3, -0.25) is 10.1 Å². The van der Waals surface area contributed by atoms with Crippen LogP contribution in [-0.4, -0.2) is 47.8 Å². The largest absolute Gasteiger partial charge is 0.496 e. The normalized spacial score (nSPS) is 17.3. The Hall–Kier alpha value is -2.51. The van der Waals surface area contributed by atoms with Crippen LogP contribution in [0.4, 0.5) is 0 Å². The van der Waals surface area contributed by atoms with Crippen LogP contribution in [0.2, 0.25) is 0 Å². The van der Waals surface area contributed by atoms with Crippen molar-refractivity contribution in [1.82, 2.24) is 10.6 Å². The van der Waals surface area contributed by atoms with Crippen molar-refractivity contribution in [1.29, 1.82) is 0 Å². The van der Waals surface area contributed by atoms with Crippen LogP contribution in [0.3, 0.4) is 0 Å². The van der Waals surface area contributed by atoms with Crippen LogP contribution in [-0.2, 0) is 16.0 Å². The van der Waals surface area contributed by atoms with Crippen LogP contribution in [0, 0.1) is 0 Å². The van der Waals surface area contributed by atoms with Gasteiger partial charge in [0.1, 0.15) is 11.8 Å². The maximum Gasteiger partial charge on any atom is 0.326 e. The van der Waals surface area contributed by atoms with Crippen LogP contribution in [0.25, 0.3) is 11.1 Å². The Kier molecular flexibility index (Phi) is 6.36. The van der Waals surface area contributed by atoms with Crippen molar-refractivity contribution >= 4 is 23.6 Å². The number of aliphatic carboxylic acids is 1. The highest BCUT2D eigenvalue weighted by Gasteiger charge is 2.27. The molecule has 1 amide bonds. The van der Waals surface area contributed by atoms with E-state index in [4.69, 9.17) is 4.74 Å². The zero-order valence-electron chi connectivity index (χ0n) is 15.0. The van der Waals surface area contributed by atoms with Crippen molar-refractivity contribution in [3.05, 3.63) is 54.1 Å². The smallest absolute Gasteiger partial charge is 0.326 e. The number of rotatable bonds is 7. The molecule has 1 aliphatic heterocycles. The molecule has 1 aliphatic rings. The van der Waals surface area contributed by atoms with Gasteiger partial charge in [0, 0.05) is 23.6 Å². The summed E-state index contributed by atoms with van der Waals surface area (Å²) in [4.78, 5) is 23.8. The second kappa shape index (κ2) is 8.92. The van der Waals surface area contributed by atoms with Crippen molar-refractivity contribution in [2.24, 2.45) is 0 Å². The summed E-state index contributed by atoms with van der Waals surface area (Å²) in [6, 6.07) is 14.1. The fourth-order valence-electron chi connectivity index (χ4n) is 2.98. The summed E-state index contributed by atoms with van der Waals surface area (Å²) in [6.07, 6.45) is 0.229. The van der Waals surface area contributed by atoms with Gasteiger partial charge in [-0.2, -0.15) is 0 Å². The molecular formula is C20H22N2O4S. The molecule has 2 aromatic rings. The summed E-state index contributed by atoms with van der Waals surface area (Å²) in [7, 11) is 1.63. The summed E-state index contributed by atoms with van der Waals surface area (Å²) in [5.41, 5.74) is 2.80. The molecule has 0 saturated carbocycles. The van der Waals surface area contributed by atoms with Crippen LogP contribution >= 0.6 is 11.8 Å². The van der Waals surface area contributed by atoms with Crippen molar-refractivity contribution in [3.8, 4) is 16.9 Å². The first-order chi connectivity index (χ1) is 13.1. The topological polar surface area (TPSA) is 87.7 Å². The Balaban J connectivity index is 1.69. The van der Waals surface area contributed by atoms with Crippen molar-refractivity contribution in [2.45, 2.75) is 18.5 Å². The monoisotopic (exact) mass is 386 g/mol. The number of ether oxygens (including phenoxy) is 1. The molecule has 0 unspecified atom stereocenters. The van der Waals surface area contributed by atoms with Gasteiger partial charge in [0.15, 0.2) is 0 Å². The quantitative estimate of drug-likeness (QED) is 0.676. The maximum atomic E-state index is 12.2. The molecule has 1 heterocycles. The van der Waals surface area contributed by atoms with Crippen LogP contribution in [0.5, 0.6) is 5.75 Å². The van der Waals surface area contributed by atoms with E-state index in [2.05, 4.69) is 10.6 Å². The van der Waals surface area contributed by atoms with E-state index in [9.17, 15) is 14.7 Å². The molecule has 1 saturated heterocycles. The van der Waals surface area contributed by atoms with Crippen LogP contribution in [0.15, 0.2) is 48.5 Å². The third-order valence-corrected chi connectivity index (χ3v) is 5.40. The predicted octanol–water partition coefficient (Wildman–Crippen LogP) is 2.14. The van der Waals surface area contributed by atoms with E-state index < -0.39 is 12.0 Å². The highest BCUT2D eigenvalue weighted by Crippen LogP contribution is 2.29. The zero-order valence-corrected chi connectivity index (χ0v) is 15.8. The summed E-state index contributed by atoms with van der Waals surface area (Å²) in [5, 5.41) is 15.2. The average molecular weight is 386 g/mol. The minimum Gasteiger partial charge on any atom is -0.496 e. The van der Waals surface area contributed by atoms with E-state index in [1.54, 1.807) is 18.9 Å². The number of carboxylic acid groups (broad SMARTS) is 1. The van der Waals surface area contributed by atoms with Gasteiger partial charge in [0.25, 0.3) is 0 Å². The molecule has 0 bridgehead atoms. The molecule has 3 N–H and O–H groups in total. The summed E-state index contributed by atoms with van der Waals surface area (Å²) >= 11 is 1.62. The number of carboxylic acids is 1. The van der Waals surface area contributed by atoms with E-state index in [0.717, 1.165) is 22.4 Å². The van der Waals surface area contributed by atoms with Gasteiger partial charge in [-0.05, 0) is 17.2 Å². The number of benzene rings is 2. The van der Waals surface area contributed by atoms with Gasteiger partial charge in [-0.25, -0.2) is 4.79 Å². The molecule has 0 aromatic heterocycles. The van der Waals surface area contributed by atoms with Gasteiger partial charge in [-0.15, -0.1) is 11.8 Å². The summed E-state index contributed by atoms with van der Waals surface area (Å²) in [5.74, 6) is 0.843. The molecule has 2 atom stereocenters. The standard InChI is InChI=1S/C20H22N2O4S/c1-26-18-5-3-2-4-15(18)14-8-6-13(7-9-14)10-16(20(24)25)22-19(23)17-11-27-12-21-17/h2-9,16-17,21H,10-12H2,1H3,(H,22,23)(H,24,25)/t16-,17-/m0/s1. The Morgan fingerprint density at radius 3 is 2.63 bits per heavy atom. The van der Waals surface area contributed by atoms with Crippen LogP contribution in [0.1, 0.15) is 5.56 Å². The lowest BCUT2D eigenvalue weighted by molar-refractivity contribution is -0.142. The third-order valence-electron chi connectivity index (χ3n) is 4.46. The van der Waals surface area contributed by atoms with E-state index in [1.165, 1.54) is 0 Å². The first kappa shape index (κ1) is 19.3. The molecular weight excluding hydrogens is 364 g/mol. The van der Waals surface area contributed by atoms with Crippen molar-refractivity contribution < 1.29 is 19.4 Å². The highest BCUT2D eigenvalue weighted by atomic mass is 32.2. The van der Waals surface area contributed by atoms with Gasteiger partial charge in [-0.1, -0.05) is 42.5 Å². The number of carbonyl (C=O) groups is 2. The molecule has 6 nitrogen and oxygen atoms in total. The van der Waals surface area contributed by atoms with Gasteiger partial charge >= 0.3 is 5.97 Å². The van der Waals surface area contributed by atoms with Crippen molar-refractivity contribution in [2.75, 3.05) is 18.7 Å². The molecule has 0 radical (unpaired) electrons. The number of hydrogen-bond acceptors (Lipinski definition) is 5. The number of amides is 1. The molecule has 3 rings (SSSR count). The fraction of sp³-hybridized carbons (Fsp3) is 0.300. The van der Waals surface area contributed by atoms with E-state index >= 15 is 0 Å². The molecule has 1 fully saturated rings.